The van der Waals surface area contributed by atoms with E-state index >= 15 is 0 Å². The van der Waals surface area contributed by atoms with Crippen LogP contribution in [0.3, 0.4) is 0 Å². The zero-order valence-corrected chi connectivity index (χ0v) is 10.9. The highest BCUT2D eigenvalue weighted by Crippen LogP contribution is 2.34. The lowest BCUT2D eigenvalue weighted by atomic mass is 10.0. The van der Waals surface area contributed by atoms with Crippen molar-refractivity contribution >= 4 is 23.8 Å². The Morgan fingerprint density at radius 1 is 1.38 bits per heavy atom. The molecule has 1 aliphatic heterocycles. The molecule has 1 fully saturated rings. The van der Waals surface area contributed by atoms with Gasteiger partial charge in [-0.1, -0.05) is 0 Å². The molecule has 2 N–H and O–H groups in total. The molecule has 0 aromatic rings. The molecule has 0 saturated carbocycles. The highest BCUT2D eigenvalue weighted by atomic mass is 32.2. The first-order chi connectivity index (χ1) is 7.19. The largest absolute Gasteiger partial charge is 0.444 e. The van der Waals surface area contributed by atoms with Crippen LogP contribution in [0.1, 0.15) is 20.8 Å². The SMILES string of the molecule is CN(C(=O)OC(C)(C)C)C1(C(N)=O)CSC1. The molecule has 16 heavy (non-hydrogen) atoms. The van der Waals surface area contributed by atoms with Gasteiger partial charge in [0.2, 0.25) is 5.91 Å². The fourth-order valence-electron chi connectivity index (χ4n) is 1.30. The molecular weight excluding hydrogens is 228 g/mol. The Labute approximate surface area is 99.7 Å². The molecule has 1 aliphatic rings. The van der Waals surface area contributed by atoms with Crippen LogP contribution in [-0.4, -0.2) is 46.6 Å². The molecule has 1 rings (SSSR count). The summed E-state index contributed by atoms with van der Waals surface area (Å²) in [5, 5.41) is 0. The molecular formula is C10H18N2O3S. The van der Waals surface area contributed by atoms with Crippen LogP contribution in [0.2, 0.25) is 0 Å². The van der Waals surface area contributed by atoms with E-state index in [0.717, 1.165) is 0 Å². The molecule has 1 saturated heterocycles. The Morgan fingerprint density at radius 2 is 1.88 bits per heavy atom. The van der Waals surface area contributed by atoms with Crippen LogP contribution in [0.25, 0.3) is 0 Å². The number of likely N-dealkylation sites (N-methyl/N-ethyl adjacent to an activating group) is 1. The molecule has 5 nitrogen and oxygen atoms in total. The van der Waals surface area contributed by atoms with Crippen molar-refractivity contribution in [3.8, 4) is 0 Å². The third kappa shape index (κ3) is 2.42. The van der Waals surface area contributed by atoms with E-state index in [-0.39, 0.29) is 0 Å². The summed E-state index contributed by atoms with van der Waals surface area (Å²) >= 11 is 1.59. The Hall–Kier alpha value is -0.910. The number of rotatable bonds is 2. The van der Waals surface area contributed by atoms with E-state index in [0.29, 0.717) is 11.5 Å². The maximum atomic E-state index is 11.8. The summed E-state index contributed by atoms with van der Waals surface area (Å²) in [5.74, 6) is 0.607. The summed E-state index contributed by atoms with van der Waals surface area (Å²) < 4.78 is 5.20. The molecule has 2 amide bonds. The average molecular weight is 246 g/mol. The van der Waals surface area contributed by atoms with Crippen LogP contribution in [0.4, 0.5) is 4.79 Å². The fraction of sp³-hybridized carbons (Fsp3) is 0.800. The van der Waals surface area contributed by atoms with Gasteiger partial charge in [0.25, 0.3) is 0 Å². The average Bonchev–Trinajstić information content (AvgIpc) is 1.97. The Bertz CT molecular complexity index is 308. The summed E-state index contributed by atoms with van der Waals surface area (Å²) in [6, 6.07) is 0. The Balaban J connectivity index is 2.73. The predicted molar refractivity (Wildman–Crippen MR) is 63.2 cm³/mol. The number of hydrogen-bond donors (Lipinski definition) is 1. The van der Waals surface area contributed by atoms with Gasteiger partial charge in [-0.2, -0.15) is 11.8 Å². The van der Waals surface area contributed by atoms with Crippen molar-refractivity contribution in [2.75, 3.05) is 18.6 Å². The summed E-state index contributed by atoms with van der Waals surface area (Å²) in [6.07, 6.45) is -0.508. The van der Waals surface area contributed by atoms with Gasteiger partial charge in [-0.3, -0.25) is 9.69 Å². The molecule has 0 bridgehead atoms. The van der Waals surface area contributed by atoms with Gasteiger partial charge < -0.3 is 10.5 Å². The number of thioether (sulfide) groups is 1. The van der Waals surface area contributed by atoms with Crippen molar-refractivity contribution in [2.45, 2.75) is 31.9 Å². The van der Waals surface area contributed by atoms with Gasteiger partial charge in [0, 0.05) is 18.6 Å². The zero-order chi connectivity index (χ0) is 12.6. The lowest BCUT2D eigenvalue weighted by Crippen LogP contribution is -2.66. The van der Waals surface area contributed by atoms with Gasteiger partial charge in [-0.15, -0.1) is 0 Å². The van der Waals surface area contributed by atoms with Crippen LogP contribution in [-0.2, 0) is 9.53 Å². The number of primary amides is 1. The predicted octanol–water partition coefficient (Wildman–Crippen LogP) is 0.824. The molecule has 6 heteroatoms. The lowest BCUT2D eigenvalue weighted by molar-refractivity contribution is -0.127. The van der Waals surface area contributed by atoms with Crippen LogP contribution in [0.5, 0.6) is 0 Å². The third-order valence-electron chi connectivity index (χ3n) is 2.45. The smallest absolute Gasteiger partial charge is 0.410 e. The first-order valence-electron chi connectivity index (χ1n) is 5.03. The number of amides is 2. The van der Waals surface area contributed by atoms with Crippen LogP contribution >= 0.6 is 11.8 Å². The number of carbonyl (C=O) groups is 2. The number of hydrogen-bond acceptors (Lipinski definition) is 4. The highest BCUT2D eigenvalue weighted by molar-refractivity contribution is 8.01. The first-order valence-corrected chi connectivity index (χ1v) is 6.19. The normalized spacial score (nSPS) is 18.5. The molecule has 0 radical (unpaired) electrons. The highest BCUT2D eigenvalue weighted by Gasteiger charge is 2.50. The molecule has 0 aromatic heterocycles. The van der Waals surface area contributed by atoms with Crippen molar-refractivity contribution in [1.82, 2.24) is 4.90 Å². The van der Waals surface area contributed by atoms with Gasteiger partial charge in [-0.05, 0) is 20.8 Å². The quantitative estimate of drug-likeness (QED) is 0.783. The second-order valence-electron chi connectivity index (χ2n) is 4.93. The summed E-state index contributed by atoms with van der Waals surface area (Å²) in [6.45, 7) is 5.35. The van der Waals surface area contributed by atoms with Crippen molar-refractivity contribution < 1.29 is 14.3 Å². The molecule has 1 heterocycles. The molecule has 0 spiro atoms. The minimum Gasteiger partial charge on any atom is -0.444 e. The molecule has 0 atom stereocenters. The maximum Gasteiger partial charge on any atom is 0.410 e. The van der Waals surface area contributed by atoms with Gasteiger partial charge in [-0.25, -0.2) is 4.79 Å². The fourth-order valence-corrected chi connectivity index (χ4v) is 2.56. The number of carbonyl (C=O) groups excluding carboxylic acids is 2. The van der Waals surface area contributed by atoms with E-state index in [1.54, 1.807) is 39.6 Å². The van der Waals surface area contributed by atoms with Crippen LogP contribution in [0, 0.1) is 0 Å². The van der Waals surface area contributed by atoms with Crippen molar-refractivity contribution in [3.05, 3.63) is 0 Å². The lowest BCUT2D eigenvalue weighted by Gasteiger charge is -2.45. The standard InChI is InChI=1S/C10H18N2O3S/c1-9(2,3)15-8(14)12(4)10(7(11)13)5-16-6-10/h5-6H2,1-4H3,(H2,11,13). The van der Waals surface area contributed by atoms with E-state index in [4.69, 9.17) is 10.5 Å². The number of nitrogens with zero attached hydrogens (tertiary/aromatic N) is 1. The second kappa shape index (κ2) is 4.16. The molecule has 0 aromatic carbocycles. The van der Waals surface area contributed by atoms with E-state index in [9.17, 15) is 9.59 Å². The topological polar surface area (TPSA) is 72.6 Å². The van der Waals surface area contributed by atoms with Gasteiger partial charge >= 0.3 is 6.09 Å². The number of ether oxygens (including phenoxy) is 1. The summed E-state index contributed by atoms with van der Waals surface area (Å²) in [5.41, 5.74) is 3.90. The van der Waals surface area contributed by atoms with E-state index in [1.165, 1.54) is 4.90 Å². The summed E-state index contributed by atoms with van der Waals surface area (Å²) in [4.78, 5) is 24.5. The van der Waals surface area contributed by atoms with Gasteiger partial charge in [0.1, 0.15) is 11.1 Å². The minimum atomic E-state index is -0.868. The molecule has 0 unspecified atom stereocenters. The first kappa shape index (κ1) is 13.2. The van der Waals surface area contributed by atoms with Crippen molar-refractivity contribution in [3.63, 3.8) is 0 Å². The van der Waals surface area contributed by atoms with Crippen LogP contribution < -0.4 is 5.73 Å². The van der Waals surface area contributed by atoms with Crippen molar-refractivity contribution in [2.24, 2.45) is 5.73 Å². The van der Waals surface area contributed by atoms with E-state index < -0.39 is 23.1 Å². The summed E-state index contributed by atoms with van der Waals surface area (Å²) in [7, 11) is 1.55. The maximum absolute atomic E-state index is 11.8. The molecule has 0 aliphatic carbocycles. The zero-order valence-electron chi connectivity index (χ0n) is 10.1. The second-order valence-corrected chi connectivity index (χ2v) is 5.91. The van der Waals surface area contributed by atoms with E-state index in [2.05, 4.69) is 0 Å². The monoisotopic (exact) mass is 246 g/mol. The third-order valence-corrected chi connectivity index (χ3v) is 3.81. The molecule has 92 valence electrons. The Morgan fingerprint density at radius 3 is 2.12 bits per heavy atom. The van der Waals surface area contributed by atoms with Crippen LogP contribution in [0.15, 0.2) is 0 Å². The van der Waals surface area contributed by atoms with Gasteiger partial charge in [0.15, 0.2) is 0 Å². The Kier molecular flexibility index (Phi) is 3.42. The number of nitrogens with two attached hydrogens (primary N) is 1. The van der Waals surface area contributed by atoms with E-state index in [1.807, 2.05) is 0 Å². The van der Waals surface area contributed by atoms with Gasteiger partial charge in [0.05, 0.1) is 0 Å². The minimum absolute atomic E-state index is 0.473. The van der Waals surface area contributed by atoms with Crippen molar-refractivity contribution in [1.29, 1.82) is 0 Å².